The summed E-state index contributed by atoms with van der Waals surface area (Å²) in [6.45, 7) is 0.515. The number of hydrogen-bond acceptors (Lipinski definition) is 5. The molecule has 1 unspecified atom stereocenters. The number of likely N-dealkylation sites (N-methyl/N-ethyl adjacent to an activating group) is 1. The van der Waals surface area contributed by atoms with E-state index < -0.39 is 5.97 Å². The molecule has 0 spiro atoms. The van der Waals surface area contributed by atoms with E-state index in [1.54, 1.807) is 48.3 Å². The van der Waals surface area contributed by atoms with Crippen LogP contribution in [0.2, 0.25) is 5.02 Å². The van der Waals surface area contributed by atoms with Crippen LogP contribution in [0.1, 0.15) is 34.0 Å². The summed E-state index contributed by atoms with van der Waals surface area (Å²) in [5.74, 6) is -0.252. The maximum Gasteiger partial charge on any atom is 0.317 e. The third kappa shape index (κ3) is 6.16. The van der Waals surface area contributed by atoms with Gasteiger partial charge in [-0.1, -0.05) is 23.7 Å². The number of aliphatic carboxylic acids is 1. The molecule has 0 amide bonds. The van der Waals surface area contributed by atoms with Crippen LogP contribution in [0.3, 0.4) is 0 Å². The molecule has 0 radical (unpaired) electrons. The second-order valence-corrected chi connectivity index (χ2v) is 8.16. The zero-order valence-corrected chi connectivity index (χ0v) is 18.0. The molecule has 2 aromatic carbocycles. The molecular weight excluding hydrogens is 422 g/mol. The zero-order chi connectivity index (χ0) is 21.5. The van der Waals surface area contributed by atoms with Gasteiger partial charge in [0.2, 0.25) is 0 Å². The first-order chi connectivity index (χ1) is 14.4. The molecule has 0 saturated heterocycles. The van der Waals surface area contributed by atoms with Crippen LogP contribution in [0.4, 0.5) is 0 Å². The van der Waals surface area contributed by atoms with Crippen LogP contribution in [-0.4, -0.2) is 41.9 Å². The number of halogens is 1. The van der Waals surface area contributed by atoms with Crippen LogP contribution in [0, 0.1) is 0 Å². The van der Waals surface area contributed by atoms with E-state index in [0.29, 0.717) is 34.9 Å². The van der Waals surface area contributed by atoms with Crippen LogP contribution in [-0.2, 0) is 4.79 Å². The van der Waals surface area contributed by atoms with Gasteiger partial charge in [-0.3, -0.25) is 14.5 Å². The SMILES string of the molecule is CN(CCC(Oc1ccc(C(=O)c2ccsc2)cc1)c1ccc(Cl)cc1)CC(=O)O. The topological polar surface area (TPSA) is 66.8 Å². The van der Waals surface area contributed by atoms with Crippen molar-refractivity contribution in [2.45, 2.75) is 12.5 Å². The first-order valence-electron chi connectivity index (χ1n) is 9.42. The van der Waals surface area contributed by atoms with Crippen molar-refractivity contribution in [3.63, 3.8) is 0 Å². The Balaban J connectivity index is 1.72. The minimum atomic E-state index is -0.868. The number of ether oxygens (including phenoxy) is 1. The third-order valence-electron chi connectivity index (χ3n) is 4.60. The number of carboxylic acids is 1. The normalized spacial score (nSPS) is 12.0. The van der Waals surface area contributed by atoms with Crippen LogP contribution < -0.4 is 4.74 Å². The highest BCUT2D eigenvalue weighted by atomic mass is 35.5. The summed E-state index contributed by atoms with van der Waals surface area (Å²) < 4.78 is 6.19. The summed E-state index contributed by atoms with van der Waals surface area (Å²) in [6.07, 6.45) is 0.318. The summed E-state index contributed by atoms with van der Waals surface area (Å²) in [7, 11) is 1.76. The highest BCUT2D eigenvalue weighted by Gasteiger charge is 2.16. The Bertz CT molecular complexity index is 971. The zero-order valence-electron chi connectivity index (χ0n) is 16.5. The fourth-order valence-electron chi connectivity index (χ4n) is 3.03. The van der Waals surface area contributed by atoms with Gasteiger partial charge in [-0.15, -0.1) is 0 Å². The molecule has 0 saturated carbocycles. The van der Waals surface area contributed by atoms with Gasteiger partial charge >= 0.3 is 5.97 Å². The van der Waals surface area contributed by atoms with Gasteiger partial charge in [0.15, 0.2) is 5.78 Å². The molecule has 1 aromatic heterocycles. The Kier molecular flexibility index (Phi) is 7.63. The number of carbonyl (C=O) groups excluding carboxylic acids is 1. The number of ketones is 1. The molecule has 7 heteroatoms. The smallest absolute Gasteiger partial charge is 0.317 e. The number of rotatable bonds is 10. The number of nitrogens with zero attached hydrogens (tertiary/aromatic N) is 1. The number of carboxylic acid groups (broad SMARTS) is 1. The Hall–Kier alpha value is -2.67. The average molecular weight is 444 g/mol. The number of thiophene rings is 1. The first kappa shape index (κ1) is 22.0. The minimum absolute atomic E-state index is 0.0210. The minimum Gasteiger partial charge on any atom is -0.486 e. The van der Waals surface area contributed by atoms with Gasteiger partial charge in [0.1, 0.15) is 11.9 Å². The third-order valence-corrected chi connectivity index (χ3v) is 5.53. The maximum absolute atomic E-state index is 12.5. The monoisotopic (exact) mass is 443 g/mol. The molecule has 1 atom stereocenters. The summed E-state index contributed by atoms with van der Waals surface area (Å²) in [6, 6.07) is 16.3. The van der Waals surface area contributed by atoms with E-state index in [9.17, 15) is 9.59 Å². The lowest BCUT2D eigenvalue weighted by Crippen LogP contribution is -2.28. The van der Waals surface area contributed by atoms with Crippen LogP contribution in [0.25, 0.3) is 0 Å². The summed E-state index contributed by atoms with van der Waals surface area (Å²) in [4.78, 5) is 25.1. The lowest BCUT2D eigenvalue weighted by Gasteiger charge is -2.22. The molecule has 0 bridgehead atoms. The van der Waals surface area contributed by atoms with Gasteiger partial charge in [0.05, 0.1) is 6.54 Å². The molecule has 3 rings (SSSR count). The van der Waals surface area contributed by atoms with E-state index in [4.69, 9.17) is 21.4 Å². The van der Waals surface area contributed by atoms with E-state index in [1.165, 1.54) is 11.3 Å². The van der Waals surface area contributed by atoms with E-state index >= 15 is 0 Å². The van der Waals surface area contributed by atoms with Crippen molar-refractivity contribution in [1.82, 2.24) is 4.90 Å². The standard InChI is InChI=1S/C23H22ClNO4S/c1-25(14-22(26)27)12-10-21(16-2-6-19(24)7-3-16)29-20-8-4-17(5-9-20)23(28)18-11-13-30-15-18/h2-9,11,13,15,21H,10,12,14H2,1H3,(H,26,27). The highest BCUT2D eigenvalue weighted by molar-refractivity contribution is 7.08. The Morgan fingerprint density at radius 2 is 1.77 bits per heavy atom. The molecule has 0 aliphatic heterocycles. The highest BCUT2D eigenvalue weighted by Crippen LogP contribution is 2.27. The van der Waals surface area contributed by atoms with Gasteiger partial charge in [0, 0.05) is 34.5 Å². The van der Waals surface area contributed by atoms with Crippen molar-refractivity contribution in [3.05, 3.63) is 87.1 Å². The largest absolute Gasteiger partial charge is 0.486 e. The van der Waals surface area contributed by atoms with Gasteiger partial charge in [-0.25, -0.2) is 0 Å². The van der Waals surface area contributed by atoms with E-state index in [1.807, 2.05) is 29.0 Å². The summed E-state index contributed by atoms with van der Waals surface area (Å²) >= 11 is 7.49. The molecule has 1 N–H and O–H groups in total. The lowest BCUT2D eigenvalue weighted by atomic mass is 10.0. The van der Waals surface area contributed by atoms with Gasteiger partial charge in [0.25, 0.3) is 0 Å². The quantitative estimate of drug-likeness (QED) is 0.438. The van der Waals surface area contributed by atoms with Crippen molar-refractivity contribution in [2.24, 2.45) is 0 Å². The fraction of sp³-hybridized carbons (Fsp3) is 0.217. The maximum atomic E-state index is 12.5. The van der Waals surface area contributed by atoms with E-state index in [2.05, 4.69) is 0 Å². The van der Waals surface area contributed by atoms with Crippen molar-refractivity contribution in [1.29, 1.82) is 0 Å². The van der Waals surface area contributed by atoms with Gasteiger partial charge < -0.3 is 9.84 Å². The molecule has 5 nitrogen and oxygen atoms in total. The fourth-order valence-corrected chi connectivity index (χ4v) is 3.79. The van der Waals surface area contributed by atoms with Gasteiger partial charge in [-0.2, -0.15) is 11.3 Å². The second kappa shape index (κ2) is 10.4. The Morgan fingerprint density at radius 1 is 1.07 bits per heavy atom. The molecule has 1 heterocycles. The van der Waals surface area contributed by atoms with Crippen LogP contribution >= 0.6 is 22.9 Å². The number of carbonyl (C=O) groups is 2. The second-order valence-electron chi connectivity index (χ2n) is 6.94. The predicted octanol–water partition coefficient (Wildman–Crippen LogP) is 5.16. The average Bonchev–Trinajstić information content (AvgIpc) is 3.26. The van der Waals surface area contributed by atoms with Crippen molar-refractivity contribution < 1.29 is 19.4 Å². The number of hydrogen-bond donors (Lipinski definition) is 1. The lowest BCUT2D eigenvalue weighted by molar-refractivity contribution is -0.138. The molecule has 30 heavy (non-hydrogen) atoms. The Labute approximate surface area is 184 Å². The molecule has 0 aliphatic rings. The van der Waals surface area contributed by atoms with Crippen molar-refractivity contribution in [3.8, 4) is 5.75 Å². The van der Waals surface area contributed by atoms with Crippen LogP contribution in [0.5, 0.6) is 5.75 Å². The molecule has 3 aromatic rings. The van der Waals surface area contributed by atoms with E-state index in [-0.39, 0.29) is 18.4 Å². The number of benzene rings is 2. The Morgan fingerprint density at radius 3 is 2.37 bits per heavy atom. The van der Waals surface area contributed by atoms with E-state index in [0.717, 1.165) is 5.56 Å². The molecule has 0 aliphatic carbocycles. The van der Waals surface area contributed by atoms with Gasteiger partial charge in [-0.05, 0) is 60.5 Å². The van der Waals surface area contributed by atoms with Crippen molar-refractivity contribution in [2.75, 3.05) is 20.1 Å². The molecule has 0 fully saturated rings. The predicted molar refractivity (Wildman–Crippen MR) is 119 cm³/mol. The first-order valence-corrected chi connectivity index (χ1v) is 10.7. The molecular formula is C23H22ClNO4S. The van der Waals surface area contributed by atoms with Crippen molar-refractivity contribution >= 4 is 34.7 Å². The molecule has 156 valence electrons. The summed E-state index contributed by atoms with van der Waals surface area (Å²) in [5.41, 5.74) is 2.22. The van der Waals surface area contributed by atoms with Crippen LogP contribution in [0.15, 0.2) is 65.4 Å². The summed E-state index contributed by atoms with van der Waals surface area (Å²) in [5, 5.41) is 13.3.